The number of ether oxygens (including phenoxy) is 1. The Bertz CT molecular complexity index is 380. The third-order valence-corrected chi connectivity index (χ3v) is 1.88. The molecule has 88 valence electrons. The molecule has 0 radical (unpaired) electrons. The standard InChI is InChI=1S/C10H8F4OS/c11-6-5-7(12)9(14)10(8(6)13)15-3-1-2-4-16/h1-2,5,16H,3-4H2/b2-1+. The van der Waals surface area contributed by atoms with Crippen molar-refractivity contribution >= 4 is 12.6 Å². The van der Waals surface area contributed by atoms with Gasteiger partial charge in [0.15, 0.2) is 17.4 Å². The Morgan fingerprint density at radius 1 is 1.06 bits per heavy atom. The number of hydrogen-bond donors (Lipinski definition) is 1. The van der Waals surface area contributed by atoms with Crippen LogP contribution in [0, 0.1) is 23.3 Å². The molecule has 0 heterocycles. The lowest BCUT2D eigenvalue weighted by Gasteiger charge is -2.07. The molecular weight excluding hydrogens is 244 g/mol. The smallest absolute Gasteiger partial charge is 0.203 e. The highest BCUT2D eigenvalue weighted by Crippen LogP contribution is 2.26. The predicted octanol–water partition coefficient (Wildman–Crippen LogP) is 3.11. The summed E-state index contributed by atoms with van der Waals surface area (Å²) in [5.41, 5.74) is 0. The van der Waals surface area contributed by atoms with Crippen LogP contribution in [0.25, 0.3) is 0 Å². The Hall–Kier alpha value is -1.17. The van der Waals surface area contributed by atoms with Gasteiger partial charge in [0.25, 0.3) is 0 Å². The first kappa shape index (κ1) is 12.9. The van der Waals surface area contributed by atoms with E-state index < -0.39 is 29.0 Å². The van der Waals surface area contributed by atoms with Gasteiger partial charge in [0.2, 0.25) is 11.6 Å². The van der Waals surface area contributed by atoms with Crippen LogP contribution in [0.5, 0.6) is 5.75 Å². The SMILES string of the molecule is Fc1cc(F)c(F)c(OC/C=C/CS)c1F. The molecule has 1 aromatic carbocycles. The quantitative estimate of drug-likeness (QED) is 0.375. The summed E-state index contributed by atoms with van der Waals surface area (Å²) in [6.07, 6.45) is 2.99. The monoisotopic (exact) mass is 252 g/mol. The van der Waals surface area contributed by atoms with Gasteiger partial charge in [-0.15, -0.1) is 0 Å². The molecule has 0 saturated heterocycles. The van der Waals surface area contributed by atoms with Gasteiger partial charge in [-0.05, 0) is 0 Å². The minimum absolute atomic E-state index is 0.126. The van der Waals surface area contributed by atoms with Crippen LogP contribution in [0.2, 0.25) is 0 Å². The van der Waals surface area contributed by atoms with Crippen molar-refractivity contribution in [3.05, 3.63) is 41.5 Å². The minimum Gasteiger partial charge on any atom is -0.483 e. The summed E-state index contributed by atoms with van der Waals surface area (Å²) < 4.78 is 56.0. The normalized spacial score (nSPS) is 11.1. The molecule has 0 unspecified atom stereocenters. The zero-order valence-electron chi connectivity index (χ0n) is 8.01. The van der Waals surface area contributed by atoms with Crippen molar-refractivity contribution in [3.63, 3.8) is 0 Å². The molecule has 0 aliphatic carbocycles. The van der Waals surface area contributed by atoms with Gasteiger partial charge in [-0.1, -0.05) is 12.2 Å². The molecule has 0 aliphatic rings. The fourth-order valence-corrected chi connectivity index (χ4v) is 1.10. The van der Waals surface area contributed by atoms with Crippen LogP contribution in [0.1, 0.15) is 0 Å². The maximum Gasteiger partial charge on any atom is 0.203 e. The molecule has 0 amide bonds. The maximum absolute atomic E-state index is 13.0. The van der Waals surface area contributed by atoms with E-state index >= 15 is 0 Å². The van der Waals surface area contributed by atoms with E-state index in [4.69, 9.17) is 0 Å². The van der Waals surface area contributed by atoms with Crippen molar-refractivity contribution in [3.8, 4) is 5.75 Å². The molecular formula is C10H8F4OS. The molecule has 0 saturated carbocycles. The van der Waals surface area contributed by atoms with Gasteiger partial charge in [-0.2, -0.15) is 21.4 Å². The summed E-state index contributed by atoms with van der Waals surface area (Å²) in [5, 5.41) is 0. The van der Waals surface area contributed by atoms with Crippen LogP contribution in [-0.2, 0) is 0 Å². The first-order valence-electron chi connectivity index (χ1n) is 4.29. The number of hydrogen-bond acceptors (Lipinski definition) is 2. The van der Waals surface area contributed by atoms with Crippen LogP contribution in [0.4, 0.5) is 17.6 Å². The van der Waals surface area contributed by atoms with Crippen LogP contribution >= 0.6 is 12.6 Å². The van der Waals surface area contributed by atoms with Gasteiger partial charge in [0, 0.05) is 11.8 Å². The van der Waals surface area contributed by atoms with E-state index in [-0.39, 0.29) is 12.7 Å². The Labute approximate surface area is 95.1 Å². The average Bonchev–Trinajstić information content (AvgIpc) is 2.25. The Balaban J connectivity index is 2.90. The first-order chi connectivity index (χ1) is 7.57. The van der Waals surface area contributed by atoms with Gasteiger partial charge in [-0.25, -0.2) is 8.78 Å². The second-order valence-electron chi connectivity index (χ2n) is 2.76. The van der Waals surface area contributed by atoms with Crippen LogP contribution in [-0.4, -0.2) is 12.4 Å². The highest BCUT2D eigenvalue weighted by molar-refractivity contribution is 7.80. The second-order valence-corrected chi connectivity index (χ2v) is 3.13. The van der Waals surface area contributed by atoms with E-state index in [0.717, 1.165) is 0 Å². The number of thiol groups is 1. The zero-order valence-corrected chi connectivity index (χ0v) is 8.91. The molecule has 0 N–H and O–H groups in total. The van der Waals surface area contributed by atoms with Gasteiger partial charge in [-0.3, -0.25) is 0 Å². The predicted molar refractivity (Wildman–Crippen MR) is 54.8 cm³/mol. The van der Waals surface area contributed by atoms with Crippen LogP contribution < -0.4 is 4.74 Å². The number of halogens is 4. The van der Waals surface area contributed by atoms with E-state index in [1.807, 2.05) is 0 Å². The molecule has 16 heavy (non-hydrogen) atoms. The average molecular weight is 252 g/mol. The largest absolute Gasteiger partial charge is 0.483 e. The summed E-state index contributed by atoms with van der Waals surface area (Å²) in [6, 6.07) is 0.126. The fraction of sp³-hybridized carbons (Fsp3) is 0.200. The lowest BCUT2D eigenvalue weighted by atomic mass is 10.3. The summed E-state index contributed by atoms with van der Waals surface area (Å²) in [7, 11) is 0. The Morgan fingerprint density at radius 2 is 1.62 bits per heavy atom. The molecule has 0 atom stereocenters. The second kappa shape index (κ2) is 5.79. The summed E-state index contributed by atoms with van der Waals surface area (Å²) in [5.74, 6) is -6.71. The van der Waals surface area contributed by atoms with Crippen molar-refractivity contribution < 1.29 is 22.3 Å². The fourth-order valence-electron chi connectivity index (χ4n) is 0.952. The summed E-state index contributed by atoms with van der Waals surface area (Å²) in [6.45, 7) is -0.197. The zero-order chi connectivity index (χ0) is 12.1. The lowest BCUT2D eigenvalue weighted by Crippen LogP contribution is -2.03. The minimum atomic E-state index is -1.54. The van der Waals surface area contributed by atoms with Crippen LogP contribution in [0.15, 0.2) is 18.2 Å². The van der Waals surface area contributed by atoms with Crippen molar-refractivity contribution in [1.82, 2.24) is 0 Å². The maximum atomic E-state index is 13.0. The van der Waals surface area contributed by atoms with Crippen molar-refractivity contribution in [2.45, 2.75) is 0 Å². The number of rotatable bonds is 4. The number of benzene rings is 1. The Morgan fingerprint density at radius 3 is 2.12 bits per heavy atom. The first-order valence-corrected chi connectivity index (χ1v) is 4.92. The molecule has 0 bridgehead atoms. The molecule has 0 aliphatic heterocycles. The van der Waals surface area contributed by atoms with E-state index in [1.54, 1.807) is 6.08 Å². The highest BCUT2D eigenvalue weighted by atomic mass is 32.1. The van der Waals surface area contributed by atoms with E-state index in [2.05, 4.69) is 17.4 Å². The summed E-state index contributed by atoms with van der Waals surface area (Å²) in [4.78, 5) is 0. The topological polar surface area (TPSA) is 9.23 Å². The highest BCUT2D eigenvalue weighted by Gasteiger charge is 2.19. The lowest BCUT2D eigenvalue weighted by molar-refractivity contribution is 0.301. The van der Waals surface area contributed by atoms with Gasteiger partial charge in [0.05, 0.1) is 0 Å². The van der Waals surface area contributed by atoms with Gasteiger partial charge in [0.1, 0.15) is 6.61 Å². The van der Waals surface area contributed by atoms with Crippen LogP contribution in [0.3, 0.4) is 0 Å². The van der Waals surface area contributed by atoms with E-state index in [0.29, 0.717) is 5.75 Å². The molecule has 1 rings (SSSR count). The van der Waals surface area contributed by atoms with E-state index in [9.17, 15) is 17.6 Å². The Kier molecular flexibility index (Phi) is 4.67. The van der Waals surface area contributed by atoms with Crippen molar-refractivity contribution in [2.75, 3.05) is 12.4 Å². The molecule has 0 spiro atoms. The molecule has 0 aromatic heterocycles. The molecule has 6 heteroatoms. The van der Waals surface area contributed by atoms with Gasteiger partial charge < -0.3 is 4.74 Å². The van der Waals surface area contributed by atoms with Crippen molar-refractivity contribution in [2.24, 2.45) is 0 Å². The van der Waals surface area contributed by atoms with E-state index in [1.165, 1.54) is 6.08 Å². The molecule has 0 fully saturated rings. The van der Waals surface area contributed by atoms with Crippen molar-refractivity contribution in [1.29, 1.82) is 0 Å². The molecule has 1 nitrogen and oxygen atoms in total. The third kappa shape index (κ3) is 2.91. The summed E-state index contributed by atoms with van der Waals surface area (Å²) >= 11 is 3.84. The van der Waals surface area contributed by atoms with Gasteiger partial charge >= 0.3 is 0 Å². The molecule has 1 aromatic rings. The third-order valence-electron chi connectivity index (χ3n) is 1.67.